The third-order valence-electron chi connectivity index (χ3n) is 3.53. The van der Waals surface area contributed by atoms with Gasteiger partial charge in [-0.2, -0.15) is 8.78 Å². The molecule has 0 saturated heterocycles. The predicted molar refractivity (Wildman–Crippen MR) is 87.7 cm³/mol. The van der Waals surface area contributed by atoms with Crippen LogP contribution in [0.3, 0.4) is 0 Å². The maximum atomic E-state index is 13.9. The van der Waals surface area contributed by atoms with Crippen LogP contribution in [0.2, 0.25) is 0 Å². The molecule has 1 atom stereocenters. The molecule has 2 N–H and O–H groups in total. The Morgan fingerprint density at radius 2 is 2.04 bits per heavy atom. The second-order valence-corrected chi connectivity index (χ2v) is 5.92. The number of alkyl halides is 2. The zero-order valence-electron chi connectivity index (χ0n) is 14.0. The van der Waals surface area contributed by atoms with Crippen LogP contribution in [0.15, 0.2) is 41.3 Å². The van der Waals surface area contributed by atoms with Gasteiger partial charge in [-0.25, -0.2) is 4.39 Å². The molecule has 9 heteroatoms. The van der Waals surface area contributed by atoms with E-state index in [0.717, 1.165) is 22.3 Å². The second kappa shape index (κ2) is 7.61. The summed E-state index contributed by atoms with van der Waals surface area (Å²) >= 11 is 0. The van der Waals surface area contributed by atoms with Crippen LogP contribution in [0.25, 0.3) is 0 Å². The highest BCUT2D eigenvalue weighted by molar-refractivity contribution is 5.96. The molecule has 0 spiro atoms. The number of aromatic nitrogens is 1. The van der Waals surface area contributed by atoms with Crippen molar-refractivity contribution < 1.29 is 27.8 Å². The SMILES string of the molecule is Cc1ccn(CC(C)(O)C(=O)Nc2ccc(OC(F)F)cc2F)c(=O)c1. The summed E-state index contributed by atoms with van der Waals surface area (Å²) in [5, 5.41) is 12.5. The van der Waals surface area contributed by atoms with E-state index in [0.29, 0.717) is 6.07 Å². The Morgan fingerprint density at radius 3 is 2.62 bits per heavy atom. The number of carbonyl (C=O) groups is 1. The molecule has 1 amide bonds. The van der Waals surface area contributed by atoms with Gasteiger partial charge >= 0.3 is 6.61 Å². The van der Waals surface area contributed by atoms with Crippen LogP contribution < -0.4 is 15.6 Å². The lowest BCUT2D eigenvalue weighted by atomic mass is 10.1. The average molecular weight is 370 g/mol. The van der Waals surface area contributed by atoms with Gasteiger partial charge in [0, 0.05) is 18.3 Å². The van der Waals surface area contributed by atoms with E-state index in [4.69, 9.17) is 0 Å². The van der Waals surface area contributed by atoms with Gasteiger partial charge in [-0.1, -0.05) is 0 Å². The third kappa shape index (κ3) is 4.85. The number of nitrogens with zero attached hydrogens (tertiary/aromatic N) is 1. The Balaban J connectivity index is 2.13. The van der Waals surface area contributed by atoms with Crippen molar-refractivity contribution >= 4 is 11.6 Å². The van der Waals surface area contributed by atoms with Crippen LogP contribution in [-0.4, -0.2) is 27.8 Å². The number of amides is 1. The molecule has 140 valence electrons. The molecular formula is C17H17F3N2O4. The molecule has 1 aromatic carbocycles. The number of nitrogens with one attached hydrogen (secondary N) is 1. The predicted octanol–water partition coefficient (Wildman–Crippen LogP) is 2.29. The molecule has 0 radical (unpaired) electrons. The van der Waals surface area contributed by atoms with E-state index >= 15 is 0 Å². The number of pyridine rings is 1. The van der Waals surface area contributed by atoms with Gasteiger partial charge in [0.2, 0.25) is 0 Å². The number of rotatable bonds is 6. The van der Waals surface area contributed by atoms with E-state index in [9.17, 15) is 27.9 Å². The summed E-state index contributed by atoms with van der Waals surface area (Å²) in [6.45, 7) is -0.573. The van der Waals surface area contributed by atoms with Gasteiger partial charge in [0.05, 0.1) is 12.2 Å². The maximum absolute atomic E-state index is 13.9. The minimum Gasteiger partial charge on any atom is -0.435 e. The van der Waals surface area contributed by atoms with E-state index in [1.165, 1.54) is 19.2 Å². The number of carbonyl (C=O) groups excluding carboxylic acids is 1. The summed E-state index contributed by atoms with van der Waals surface area (Å²) in [6.07, 6.45) is 1.43. The summed E-state index contributed by atoms with van der Waals surface area (Å²) in [4.78, 5) is 24.1. The standard InChI is InChI=1S/C17H17F3N2O4/c1-10-5-6-22(14(23)7-10)9-17(2,25)15(24)21-13-4-3-11(8-12(13)18)26-16(19)20/h3-8,16,25H,9H2,1-2H3,(H,21,24). The van der Waals surface area contributed by atoms with Crippen LogP contribution in [-0.2, 0) is 11.3 Å². The molecule has 1 aromatic heterocycles. The molecule has 0 bridgehead atoms. The average Bonchev–Trinajstić information content (AvgIpc) is 2.52. The van der Waals surface area contributed by atoms with Crippen LogP contribution in [0.5, 0.6) is 5.75 Å². The summed E-state index contributed by atoms with van der Waals surface area (Å²) in [6, 6.07) is 5.73. The van der Waals surface area contributed by atoms with E-state index in [1.54, 1.807) is 13.0 Å². The first-order chi connectivity index (χ1) is 12.1. The molecule has 1 heterocycles. The number of anilines is 1. The lowest BCUT2D eigenvalue weighted by Crippen LogP contribution is -2.45. The van der Waals surface area contributed by atoms with E-state index < -0.39 is 35.2 Å². The smallest absolute Gasteiger partial charge is 0.387 e. The molecule has 0 saturated carbocycles. The summed E-state index contributed by atoms with van der Waals surface area (Å²) in [5.74, 6) is -2.39. The van der Waals surface area contributed by atoms with Crippen molar-refractivity contribution in [3.05, 3.63) is 58.3 Å². The number of aliphatic hydroxyl groups is 1. The zero-order valence-corrected chi connectivity index (χ0v) is 14.0. The Hall–Kier alpha value is -2.81. The molecule has 0 aliphatic carbocycles. The minimum atomic E-state index is -3.11. The lowest BCUT2D eigenvalue weighted by Gasteiger charge is -2.23. The lowest BCUT2D eigenvalue weighted by molar-refractivity contribution is -0.133. The molecule has 26 heavy (non-hydrogen) atoms. The Labute approximate surface area is 146 Å². The molecule has 0 aliphatic heterocycles. The van der Waals surface area contributed by atoms with Crippen molar-refractivity contribution in [2.24, 2.45) is 0 Å². The Bertz CT molecular complexity index is 865. The fourth-order valence-corrected chi connectivity index (χ4v) is 2.17. The maximum Gasteiger partial charge on any atom is 0.387 e. The van der Waals surface area contributed by atoms with Crippen molar-refractivity contribution in [2.75, 3.05) is 5.32 Å². The monoisotopic (exact) mass is 370 g/mol. The van der Waals surface area contributed by atoms with Gasteiger partial charge in [0.15, 0.2) is 5.60 Å². The van der Waals surface area contributed by atoms with E-state index in [1.807, 2.05) is 0 Å². The second-order valence-electron chi connectivity index (χ2n) is 5.92. The number of benzene rings is 1. The number of halogens is 3. The highest BCUT2D eigenvalue weighted by Crippen LogP contribution is 2.23. The number of ether oxygens (including phenoxy) is 1. The highest BCUT2D eigenvalue weighted by atomic mass is 19.3. The summed E-state index contributed by atoms with van der Waals surface area (Å²) in [7, 11) is 0. The number of hydrogen-bond donors (Lipinski definition) is 2. The fraction of sp³-hybridized carbons (Fsp3) is 0.294. The summed E-state index contributed by atoms with van der Waals surface area (Å²) in [5.41, 5.74) is -2.03. The van der Waals surface area contributed by atoms with E-state index in [-0.39, 0.29) is 12.2 Å². The first-order valence-corrected chi connectivity index (χ1v) is 7.54. The van der Waals surface area contributed by atoms with Crippen molar-refractivity contribution in [3.8, 4) is 5.75 Å². The van der Waals surface area contributed by atoms with Crippen molar-refractivity contribution in [1.82, 2.24) is 4.57 Å². The molecule has 6 nitrogen and oxygen atoms in total. The van der Waals surface area contributed by atoms with Gasteiger partial charge in [-0.15, -0.1) is 0 Å². The van der Waals surface area contributed by atoms with Gasteiger partial charge in [-0.3, -0.25) is 9.59 Å². The molecular weight excluding hydrogens is 353 g/mol. The van der Waals surface area contributed by atoms with Crippen molar-refractivity contribution in [3.63, 3.8) is 0 Å². The van der Waals surface area contributed by atoms with Gasteiger partial charge in [0.1, 0.15) is 11.6 Å². The number of aryl methyl sites for hydroxylation is 1. The van der Waals surface area contributed by atoms with Crippen molar-refractivity contribution in [2.45, 2.75) is 32.6 Å². The van der Waals surface area contributed by atoms with Gasteiger partial charge in [0.25, 0.3) is 11.5 Å². The quantitative estimate of drug-likeness (QED) is 0.818. The molecule has 0 aliphatic rings. The van der Waals surface area contributed by atoms with Crippen LogP contribution in [0.4, 0.5) is 18.9 Å². The normalized spacial score (nSPS) is 13.3. The topological polar surface area (TPSA) is 80.6 Å². The van der Waals surface area contributed by atoms with Gasteiger partial charge in [-0.05, 0) is 37.6 Å². The zero-order chi connectivity index (χ0) is 19.5. The van der Waals surface area contributed by atoms with Crippen molar-refractivity contribution in [1.29, 1.82) is 0 Å². The van der Waals surface area contributed by atoms with Crippen LogP contribution in [0.1, 0.15) is 12.5 Å². The van der Waals surface area contributed by atoms with Gasteiger partial charge < -0.3 is 19.7 Å². The first-order valence-electron chi connectivity index (χ1n) is 7.54. The van der Waals surface area contributed by atoms with E-state index in [2.05, 4.69) is 10.1 Å². The first kappa shape index (κ1) is 19.5. The fourth-order valence-electron chi connectivity index (χ4n) is 2.17. The van der Waals surface area contributed by atoms with Crippen LogP contribution in [0, 0.1) is 12.7 Å². The third-order valence-corrected chi connectivity index (χ3v) is 3.53. The Kier molecular flexibility index (Phi) is 5.71. The molecule has 2 rings (SSSR count). The Morgan fingerprint density at radius 1 is 1.35 bits per heavy atom. The molecule has 1 unspecified atom stereocenters. The highest BCUT2D eigenvalue weighted by Gasteiger charge is 2.31. The minimum absolute atomic E-state index is 0.326. The number of hydrogen-bond acceptors (Lipinski definition) is 4. The summed E-state index contributed by atoms with van der Waals surface area (Å²) < 4.78 is 43.3. The largest absolute Gasteiger partial charge is 0.435 e. The van der Waals surface area contributed by atoms with Crippen LogP contribution >= 0.6 is 0 Å². The molecule has 2 aromatic rings. The molecule has 0 fully saturated rings.